The highest BCUT2D eigenvalue weighted by Gasteiger charge is 2.39. The number of carbonyl (C=O) groups is 2. The van der Waals surface area contributed by atoms with Gasteiger partial charge in [-0.3, -0.25) is 9.59 Å². The predicted octanol–water partition coefficient (Wildman–Crippen LogP) is -0.953. The van der Waals surface area contributed by atoms with Crippen molar-refractivity contribution in [1.82, 2.24) is 5.32 Å². The molecule has 0 aliphatic carbocycles. The van der Waals surface area contributed by atoms with E-state index in [4.69, 9.17) is 15.2 Å². The normalized spacial score (nSPS) is 22.9. The summed E-state index contributed by atoms with van der Waals surface area (Å²) < 4.78 is 35.8. The molecule has 2 aliphatic rings. The van der Waals surface area contributed by atoms with Crippen molar-refractivity contribution in [2.75, 3.05) is 38.2 Å². The summed E-state index contributed by atoms with van der Waals surface area (Å²) in [6.45, 7) is 1.36. The fraction of sp³-hybridized carbons (Fsp3) is 0.600. The van der Waals surface area contributed by atoms with Crippen LogP contribution in [0, 0.1) is 0 Å². The minimum atomic E-state index is -3.88. The van der Waals surface area contributed by atoms with Gasteiger partial charge in [-0.1, -0.05) is 0 Å². The molecule has 3 rings (SSSR count). The average molecular weight is 419 g/mol. The first-order valence-electron chi connectivity index (χ1n) is 8.35. The van der Waals surface area contributed by atoms with Crippen LogP contribution in [0.25, 0.3) is 0 Å². The Balaban J connectivity index is 1.87. The average Bonchev–Trinajstić information content (AvgIpc) is 3.08. The van der Waals surface area contributed by atoms with Gasteiger partial charge in [0.25, 0.3) is 11.8 Å². The zero-order valence-electron chi connectivity index (χ0n) is 14.4. The van der Waals surface area contributed by atoms with Gasteiger partial charge >= 0.3 is 0 Å². The first kappa shape index (κ1) is 20.2. The van der Waals surface area contributed by atoms with Crippen molar-refractivity contribution in [2.45, 2.75) is 28.1 Å². The lowest BCUT2D eigenvalue weighted by Gasteiger charge is -2.30. The maximum absolute atomic E-state index is 12.7. The summed E-state index contributed by atoms with van der Waals surface area (Å²) in [5.41, 5.74) is 2.46. The van der Waals surface area contributed by atoms with Crippen molar-refractivity contribution in [3.63, 3.8) is 0 Å². The molecular formula is C15H21N3O7S2. The van der Waals surface area contributed by atoms with E-state index in [0.717, 1.165) is 6.07 Å². The van der Waals surface area contributed by atoms with E-state index in [1.807, 2.05) is 0 Å². The third kappa shape index (κ3) is 4.15. The van der Waals surface area contributed by atoms with E-state index in [0.29, 0.717) is 17.9 Å². The SMILES string of the molecule is NC(=O)c1cc(S(=O)(=O)C2CNCCO2)sc1NC(=O)C1(O)CCOCC1. The first-order chi connectivity index (χ1) is 12.7. The number of primary amides is 1. The van der Waals surface area contributed by atoms with Crippen molar-refractivity contribution in [3.05, 3.63) is 11.6 Å². The van der Waals surface area contributed by atoms with Gasteiger partial charge in [0, 0.05) is 39.1 Å². The number of nitrogens with two attached hydrogens (primary N) is 1. The van der Waals surface area contributed by atoms with Crippen LogP contribution in [0.2, 0.25) is 0 Å². The second kappa shape index (κ2) is 7.81. The summed E-state index contributed by atoms with van der Waals surface area (Å²) in [7, 11) is -3.88. The van der Waals surface area contributed by atoms with Gasteiger partial charge in [0.1, 0.15) is 14.8 Å². The molecule has 150 valence electrons. The van der Waals surface area contributed by atoms with E-state index < -0.39 is 32.7 Å². The van der Waals surface area contributed by atoms with Crippen LogP contribution in [0.15, 0.2) is 10.3 Å². The minimum Gasteiger partial charge on any atom is -0.381 e. The monoisotopic (exact) mass is 419 g/mol. The number of sulfone groups is 1. The molecule has 3 heterocycles. The molecule has 10 nitrogen and oxygen atoms in total. The number of carbonyl (C=O) groups excluding carboxylic acids is 2. The van der Waals surface area contributed by atoms with Crippen LogP contribution in [0.5, 0.6) is 0 Å². The number of morpholine rings is 1. The Labute approximate surface area is 159 Å². The Kier molecular flexibility index (Phi) is 5.84. The molecule has 0 aromatic carbocycles. The largest absolute Gasteiger partial charge is 0.381 e. The standard InChI is InChI=1S/C15H21N3O7S2/c16-12(19)9-7-11(27(22,23)10-8-17-3-6-25-10)26-13(9)18-14(20)15(21)1-4-24-5-2-15/h7,10,17,21H,1-6,8H2,(H2,16,19)(H,18,20). The Morgan fingerprint density at radius 1 is 1.33 bits per heavy atom. The van der Waals surface area contributed by atoms with E-state index in [2.05, 4.69) is 10.6 Å². The van der Waals surface area contributed by atoms with Crippen LogP contribution < -0.4 is 16.4 Å². The number of anilines is 1. The minimum absolute atomic E-state index is 0.0187. The third-order valence-corrected chi connectivity index (χ3v) is 7.93. The smallest absolute Gasteiger partial charge is 0.257 e. The van der Waals surface area contributed by atoms with Gasteiger partial charge in [0.2, 0.25) is 9.84 Å². The van der Waals surface area contributed by atoms with E-state index in [-0.39, 0.29) is 54.0 Å². The molecular weight excluding hydrogens is 398 g/mol. The van der Waals surface area contributed by atoms with Crippen LogP contribution >= 0.6 is 11.3 Å². The lowest BCUT2D eigenvalue weighted by Crippen LogP contribution is -2.47. The molecule has 1 aromatic rings. The van der Waals surface area contributed by atoms with Crippen molar-refractivity contribution in [2.24, 2.45) is 5.73 Å². The van der Waals surface area contributed by atoms with Gasteiger partial charge in [-0.25, -0.2) is 8.42 Å². The van der Waals surface area contributed by atoms with Crippen LogP contribution in [0.4, 0.5) is 5.00 Å². The molecule has 2 saturated heterocycles. The molecule has 27 heavy (non-hydrogen) atoms. The fourth-order valence-electron chi connectivity index (χ4n) is 2.81. The summed E-state index contributed by atoms with van der Waals surface area (Å²) in [5, 5.41) is 15.8. The lowest BCUT2D eigenvalue weighted by molar-refractivity contribution is -0.143. The van der Waals surface area contributed by atoms with Gasteiger partial charge in [-0.15, -0.1) is 11.3 Å². The van der Waals surface area contributed by atoms with E-state index in [9.17, 15) is 23.1 Å². The number of hydrogen-bond acceptors (Lipinski definition) is 9. The van der Waals surface area contributed by atoms with Crippen LogP contribution in [0.3, 0.4) is 0 Å². The second-order valence-corrected chi connectivity index (χ2v) is 9.69. The third-order valence-electron chi connectivity index (χ3n) is 4.46. The fourth-order valence-corrected chi connectivity index (χ4v) is 5.79. The molecule has 2 amide bonds. The number of aliphatic hydroxyl groups is 1. The highest BCUT2D eigenvalue weighted by Crippen LogP contribution is 2.35. The molecule has 5 N–H and O–H groups in total. The highest BCUT2D eigenvalue weighted by atomic mass is 32.2. The molecule has 0 bridgehead atoms. The van der Waals surface area contributed by atoms with Gasteiger partial charge < -0.3 is 30.9 Å². The second-order valence-electron chi connectivity index (χ2n) is 6.32. The molecule has 0 saturated carbocycles. The quantitative estimate of drug-likeness (QED) is 0.476. The molecule has 12 heteroatoms. The molecule has 0 spiro atoms. The lowest BCUT2D eigenvalue weighted by atomic mass is 9.93. The first-order valence-corrected chi connectivity index (χ1v) is 10.7. The number of ether oxygens (including phenoxy) is 2. The number of rotatable bonds is 5. The number of nitrogens with one attached hydrogen (secondary N) is 2. The zero-order chi connectivity index (χ0) is 19.7. The summed E-state index contributed by atoms with van der Waals surface area (Å²) in [6, 6.07) is 1.13. The summed E-state index contributed by atoms with van der Waals surface area (Å²) in [4.78, 5) is 24.2. The van der Waals surface area contributed by atoms with E-state index in [1.165, 1.54) is 0 Å². The molecule has 0 radical (unpaired) electrons. The highest BCUT2D eigenvalue weighted by molar-refractivity contribution is 7.94. The maximum atomic E-state index is 12.7. The van der Waals surface area contributed by atoms with Crippen molar-refractivity contribution in [3.8, 4) is 0 Å². The number of amides is 2. The molecule has 2 fully saturated rings. The Morgan fingerprint density at radius 3 is 2.63 bits per heavy atom. The Morgan fingerprint density at radius 2 is 2.04 bits per heavy atom. The summed E-state index contributed by atoms with van der Waals surface area (Å²) >= 11 is 0.709. The van der Waals surface area contributed by atoms with Gasteiger partial charge in [-0.05, 0) is 6.07 Å². The number of hydrogen-bond donors (Lipinski definition) is 4. The van der Waals surface area contributed by atoms with Crippen molar-refractivity contribution >= 4 is 38.0 Å². The number of thiophene rings is 1. The predicted molar refractivity (Wildman–Crippen MR) is 96.3 cm³/mol. The van der Waals surface area contributed by atoms with Crippen molar-refractivity contribution < 1.29 is 32.6 Å². The van der Waals surface area contributed by atoms with E-state index in [1.54, 1.807) is 0 Å². The summed E-state index contributed by atoms with van der Waals surface area (Å²) in [5.74, 6) is -1.61. The Hall–Kier alpha value is -1.57. The zero-order valence-corrected chi connectivity index (χ0v) is 16.0. The van der Waals surface area contributed by atoms with Crippen LogP contribution in [-0.4, -0.2) is 69.3 Å². The molecule has 1 aromatic heterocycles. The molecule has 1 atom stereocenters. The maximum Gasteiger partial charge on any atom is 0.257 e. The van der Waals surface area contributed by atoms with Gasteiger partial charge in [0.05, 0.1) is 12.2 Å². The van der Waals surface area contributed by atoms with Crippen LogP contribution in [-0.2, 0) is 24.1 Å². The van der Waals surface area contributed by atoms with Crippen LogP contribution in [0.1, 0.15) is 23.2 Å². The van der Waals surface area contributed by atoms with Gasteiger partial charge in [-0.2, -0.15) is 0 Å². The summed E-state index contributed by atoms with van der Waals surface area (Å²) in [6.07, 6.45) is 0.200. The topological polar surface area (TPSA) is 157 Å². The molecule has 1 unspecified atom stereocenters. The van der Waals surface area contributed by atoms with Crippen molar-refractivity contribution in [1.29, 1.82) is 0 Å². The van der Waals surface area contributed by atoms with E-state index >= 15 is 0 Å². The Bertz CT molecular complexity index is 824. The van der Waals surface area contributed by atoms with Gasteiger partial charge in [0.15, 0.2) is 5.44 Å². The molecule has 2 aliphatic heterocycles.